The van der Waals surface area contributed by atoms with E-state index in [-0.39, 0.29) is 17.2 Å². The van der Waals surface area contributed by atoms with Crippen LogP contribution in [0, 0.1) is 10.1 Å². The summed E-state index contributed by atoms with van der Waals surface area (Å²) in [5.74, 6) is 0.107. The van der Waals surface area contributed by atoms with E-state index in [9.17, 15) is 14.9 Å². The number of carbonyl (C=O) groups excluding carboxylic acids is 1. The van der Waals surface area contributed by atoms with Crippen molar-refractivity contribution in [1.82, 2.24) is 4.98 Å². The Morgan fingerprint density at radius 2 is 1.55 bits per heavy atom. The van der Waals surface area contributed by atoms with E-state index in [4.69, 9.17) is 0 Å². The monoisotopic (exact) mass is 438 g/mol. The number of nitro groups is 1. The number of hydrogen-bond acceptors (Lipinski definition) is 5. The molecule has 0 radical (unpaired) electrons. The van der Waals surface area contributed by atoms with Gasteiger partial charge < -0.3 is 5.32 Å². The Kier molecular flexibility index (Phi) is 6.70. The molecular formula is C26H22N4O3. The van der Waals surface area contributed by atoms with Crippen molar-refractivity contribution in [2.75, 3.05) is 10.2 Å². The van der Waals surface area contributed by atoms with Gasteiger partial charge in [-0.1, -0.05) is 66.7 Å². The number of nitrogens with one attached hydrogen (secondary N) is 1. The molecule has 4 aromatic rings. The number of benzene rings is 3. The Morgan fingerprint density at radius 1 is 0.879 bits per heavy atom. The molecule has 7 nitrogen and oxygen atoms in total. The SMILES string of the molecule is O=C(c1ccc(NCc2ccccc2)c([N+](=O)[O-])c1)N(Cc1ccccc1)c1ccccn1. The standard InChI is InChI=1S/C26H22N4O3/c31-26(29(25-13-7-8-16-27-25)19-21-11-5-2-6-12-21)22-14-15-23(24(17-22)30(32)33)28-18-20-9-3-1-4-10-20/h1-17,28H,18-19H2. The van der Waals surface area contributed by atoms with Gasteiger partial charge in [0.05, 0.1) is 11.5 Å². The molecule has 0 aliphatic carbocycles. The number of aromatic nitrogens is 1. The molecule has 1 aromatic heterocycles. The highest BCUT2D eigenvalue weighted by atomic mass is 16.6. The van der Waals surface area contributed by atoms with Gasteiger partial charge in [-0.05, 0) is 35.4 Å². The number of rotatable bonds is 8. The van der Waals surface area contributed by atoms with Crippen LogP contribution in [0.3, 0.4) is 0 Å². The maximum Gasteiger partial charge on any atom is 0.293 e. The lowest BCUT2D eigenvalue weighted by molar-refractivity contribution is -0.384. The van der Waals surface area contributed by atoms with E-state index in [2.05, 4.69) is 10.3 Å². The number of nitro benzene ring substituents is 1. The molecule has 1 amide bonds. The number of pyridine rings is 1. The van der Waals surface area contributed by atoms with E-state index < -0.39 is 4.92 Å². The van der Waals surface area contributed by atoms with Crippen LogP contribution in [0.4, 0.5) is 17.2 Å². The van der Waals surface area contributed by atoms with Crippen molar-refractivity contribution in [3.63, 3.8) is 0 Å². The van der Waals surface area contributed by atoms with Crippen LogP contribution in [0.25, 0.3) is 0 Å². The van der Waals surface area contributed by atoms with E-state index in [1.807, 2.05) is 60.7 Å². The van der Waals surface area contributed by atoms with Gasteiger partial charge in [0.15, 0.2) is 0 Å². The van der Waals surface area contributed by atoms with Crippen LogP contribution in [-0.2, 0) is 13.1 Å². The summed E-state index contributed by atoms with van der Waals surface area (Å²) >= 11 is 0. The molecule has 3 aromatic carbocycles. The average molecular weight is 438 g/mol. The van der Waals surface area contributed by atoms with Gasteiger partial charge in [-0.2, -0.15) is 0 Å². The normalized spacial score (nSPS) is 10.4. The third-order valence-electron chi connectivity index (χ3n) is 5.12. The van der Waals surface area contributed by atoms with Gasteiger partial charge >= 0.3 is 0 Å². The highest BCUT2D eigenvalue weighted by Crippen LogP contribution is 2.28. The molecular weight excluding hydrogens is 416 g/mol. The lowest BCUT2D eigenvalue weighted by atomic mass is 10.1. The molecule has 0 aliphatic heterocycles. The summed E-state index contributed by atoms with van der Waals surface area (Å²) in [6.45, 7) is 0.724. The number of amides is 1. The quantitative estimate of drug-likeness (QED) is 0.292. The maximum atomic E-state index is 13.5. The predicted octanol–water partition coefficient (Wildman–Crippen LogP) is 5.45. The minimum absolute atomic E-state index is 0.155. The molecule has 0 spiro atoms. The fraction of sp³-hybridized carbons (Fsp3) is 0.0769. The van der Waals surface area contributed by atoms with Crippen LogP contribution >= 0.6 is 0 Å². The maximum absolute atomic E-state index is 13.5. The van der Waals surface area contributed by atoms with Crippen LogP contribution in [0.5, 0.6) is 0 Å². The zero-order valence-electron chi connectivity index (χ0n) is 17.8. The summed E-state index contributed by atoms with van der Waals surface area (Å²) in [6.07, 6.45) is 1.61. The van der Waals surface area contributed by atoms with Crippen LogP contribution in [0.2, 0.25) is 0 Å². The van der Waals surface area contributed by atoms with Crippen LogP contribution in [0.15, 0.2) is 103 Å². The van der Waals surface area contributed by atoms with Crippen molar-refractivity contribution in [1.29, 1.82) is 0 Å². The second-order valence-electron chi connectivity index (χ2n) is 7.39. The van der Waals surface area contributed by atoms with Crippen molar-refractivity contribution in [3.05, 3.63) is 130 Å². The first-order valence-electron chi connectivity index (χ1n) is 10.4. The third kappa shape index (κ3) is 5.40. The summed E-state index contributed by atoms with van der Waals surface area (Å²) in [7, 11) is 0. The first-order chi connectivity index (χ1) is 16.1. The first-order valence-corrected chi connectivity index (χ1v) is 10.4. The van der Waals surface area contributed by atoms with Gasteiger partial charge in [0.25, 0.3) is 11.6 Å². The van der Waals surface area contributed by atoms with E-state index in [0.29, 0.717) is 24.6 Å². The van der Waals surface area contributed by atoms with E-state index in [0.717, 1.165) is 11.1 Å². The van der Waals surface area contributed by atoms with Gasteiger partial charge in [-0.15, -0.1) is 0 Å². The van der Waals surface area contributed by atoms with E-state index >= 15 is 0 Å². The highest BCUT2D eigenvalue weighted by Gasteiger charge is 2.23. The summed E-state index contributed by atoms with van der Waals surface area (Å²) < 4.78 is 0. The predicted molar refractivity (Wildman–Crippen MR) is 128 cm³/mol. The minimum atomic E-state index is -0.480. The molecule has 0 saturated heterocycles. The third-order valence-corrected chi connectivity index (χ3v) is 5.12. The lowest BCUT2D eigenvalue weighted by Gasteiger charge is -2.22. The number of anilines is 2. The molecule has 7 heteroatoms. The molecule has 33 heavy (non-hydrogen) atoms. The molecule has 0 aliphatic rings. The van der Waals surface area contributed by atoms with E-state index in [1.165, 1.54) is 11.0 Å². The highest BCUT2D eigenvalue weighted by molar-refractivity contribution is 6.06. The van der Waals surface area contributed by atoms with Gasteiger partial charge in [0, 0.05) is 24.4 Å². The van der Waals surface area contributed by atoms with E-state index in [1.54, 1.807) is 36.5 Å². The average Bonchev–Trinajstić information content (AvgIpc) is 2.87. The Morgan fingerprint density at radius 3 is 2.18 bits per heavy atom. The molecule has 0 unspecified atom stereocenters. The minimum Gasteiger partial charge on any atom is -0.375 e. The fourth-order valence-electron chi connectivity index (χ4n) is 3.45. The number of carbonyl (C=O) groups is 1. The Bertz CT molecular complexity index is 1230. The zero-order chi connectivity index (χ0) is 23.0. The van der Waals surface area contributed by atoms with Crippen molar-refractivity contribution in [3.8, 4) is 0 Å². The summed E-state index contributed by atoms with van der Waals surface area (Å²) in [6, 6.07) is 28.9. The van der Waals surface area contributed by atoms with Gasteiger partial charge in [0.1, 0.15) is 11.5 Å². The number of hydrogen-bond donors (Lipinski definition) is 1. The fourth-order valence-corrected chi connectivity index (χ4v) is 3.45. The summed E-state index contributed by atoms with van der Waals surface area (Å²) in [5, 5.41) is 14.9. The van der Waals surface area contributed by atoms with Gasteiger partial charge in [-0.25, -0.2) is 4.98 Å². The zero-order valence-corrected chi connectivity index (χ0v) is 17.8. The smallest absolute Gasteiger partial charge is 0.293 e. The second kappa shape index (κ2) is 10.2. The van der Waals surface area contributed by atoms with Crippen molar-refractivity contribution >= 4 is 23.1 Å². The van der Waals surface area contributed by atoms with Crippen molar-refractivity contribution in [2.24, 2.45) is 0 Å². The Labute approximate surface area is 191 Å². The topological polar surface area (TPSA) is 88.4 Å². The van der Waals surface area contributed by atoms with Crippen LogP contribution in [-0.4, -0.2) is 15.8 Å². The van der Waals surface area contributed by atoms with Crippen molar-refractivity contribution < 1.29 is 9.72 Å². The lowest BCUT2D eigenvalue weighted by Crippen LogP contribution is -2.31. The van der Waals surface area contributed by atoms with Crippen LogP contribution in [0.1, 0.15) is 21.5 Å². The Hall–Kier alpha value is -4.52. The summed E-state index contributed by atoms with van der Waals surface area (Å²) in [4.78, 5) is 30.6. The Balaban J connectivity index is 1.63. The molecule has 4 rings (SSSR count). The first kappa shape index (κ1) is 21.7. The molecule has 164 valence electrons. The van der Waals surface area contributed by atoms with Gasteiger partial charge in [-0.3, -0.25) is 19.8 Å². The summed E-state index contributed by atoms with van der Waals surface area (Å²) in [5.41, 5.74) is 2.34. The van der Waals surface area contributed by atoms with Gasteiger partial charge in [0.2, 0.25) is 0 Å². The second-order valence-corrected chi connectivity index (χ2v) is 7.39. The molecule has 0 atom stereocenters. The molecule has 1 heterocycles. The molecule has 1 N–H and O–H groups in total. The largest absolute Gasteiger partial charge is 0.375 e. The molecule has 0 saturated carbocycles. The molecule has 0 bridgehead atoms. The van der Waals surface area contributed by atoms with Crippen LogP contribution < -0.4 is 10.2 Å². The number of nitrogens with zero attached hydrogens (tertiary/aromatic N) is 3. The van der Waals surface area contributed by atoms with Crippen molar-refractivity contribution in [2.45, 2.75) is 13.1 Å². The molecule has 0 fully saturated rings.